The number of aromatic nitrogens is 2. The third kappa shape index (κ3) is 8.71. The molecular weight excluding hydrogens is 645 g/mol. The van der Waals surface area contributed by atoms with Gasteiger partial charge in [0, 0.05) is 22.3 Å². The number of oxazole rings is 2. The van der Waals surface area contributed by atoms with E-state index >= 15 is 0 Å². The topological polar surface area (TPSA) is 92.5 Å². The highest BCUT2D eigenvalue weighted by Gasteiger charge is 2.25. The molecule has 0 fully saturated rings. The maximum atomic E-state index is 11.2. The Morgan fingerprint density at radius 3 is 1.06 bits per heavy atom. The summed E-state index contributed by atoms with van der Waals surface area (Å²) in [6, 6.07) is 20.1. The number of hydrogen-bond donors (Lipinski definition) is 2. The van der Waals surface area contributed by atoms with E-state index in [0.717, 1.165) is 70.2 Å². The van der Waals surface area contributed by atoms with Crippen LogP contribution in [0.2, 0.25) is 0 Å². The predicted octanol–water partition coefficient (Wildman–Crippen LogP) is 12.7. The fourth-order valence-corrected chi connectivity index (χ4v) is 7.24. The lowest BCUT2D eigenvalue weighted by molar-refractivity contribution is 0.410. The summed E-state index contributed by atoms with van der Waals surface area (Å²) >= 11 is 0. The van der Waals surface area contributed by atoms with Gasteiger partial charge in [-0.15, -0.1) is 0 Å². The molecule has 6 aromatic rings. The summed E-state index contributed by atoms with van der Waals surface area (Å²) in [5.41, 5.74) is 10.3. The first-order valence-corrected chi connectivity index (χ1v) is 18.5. The molecule has 2 heterocycles. The third-order valence-electron chi connectivity index (χ3n) is 8.93. The molecule has 0 spiro atoms. The normalized spacial score (nSPS) is 13.1. The molecule has 0 bridgehead atoms. The summed E-state index contributed by atoms with van der Waals surface area (Å²) in [7, 11) is 0. The molecule has 6 nitrogen and oxygen atoms in total. The summed E-state index contributed by atoms with van der Waals surface area (Å²) in [5, 5.41) is 22.5. The van der Waals surface area contributed by atoms with Crippen LogP contribution < -0.4 is 0 Å². The highest BCUT2D eigenvalue weighted by molar-refractivity contribution is 5.96. The van der Waals surface area contributed by atoms with E-state index in [-0.39, 0.29) is 44.9 Å². The number of rotatable bonds is 7. The van der Waals surface area contributed by atoms with Gasteiger partial charge in [0.05, 0.1) is 0 Å². The molecule has 0 saturated carbocycles. The predicted molar refractivity (Wildman–Crippen MR) is 214 cm³/mol. The fourth-order valence-electron chi connectivity index (χ4n) is 7.24. The molecule has 0 aliphatic heterocycles. The van der Waals surface area contributed by atoms with Crippen LogP contribution in [0.3, 0.4) is 0 Å². The Hall–Kier alpha value is -4.58. The summed E-state index contributed by atoms with van der Waals surface area (Å²) in [5.74, 6) is 0.921. The van der Waals surface area contributed by atoms with Crippen LogP contribution in [0.5, 0.6) is 11.5 Å². The molecule has 6 heteroatoms. The van der Waals surface area contributed by atoms with Gasteiger partial charge in [0.15, 0.2) is 11.2 Å². The Kier molecular flexibility index (Phi) is 9.39. The van der Waals surface area contributed by atoms with Crippen molar-refractivity contribution in [2.45, 2.75) is 109 Å². The zero-order chi connectivity index (χ0) is 38.0. The molecule has 52 heavy (non-hydrogen) atoms. The van der Waals surface area contributed by atoms with Crippen LogP contribution in [-0.2, 0) is 25.7 Å². The van der Waals surface area contributed by atoms with Gasteiger partial charge in [-0.3, -0.25) is 0 Å². The number of nitrogens with zero attached hydrogens (tertiary/aromatic N) is 2. The van der Waals surface area contributed by atoms with Crippen molar-refractivity contribution in [3.05, 3.63) is 82.9 Å². The first-order chi connectivity index (χ1) is 24.0. The number of hydrogen-bond acceptors (Lipinski definition) is 6. The van der Waals surface area contributed by atoms with E-state index in [1.54, 1.807) is 12.1 Å². The smallest absolute Gasteiger partial charge is 0.284 e. The highest BCUT2D eigenvalue weighted by atomic mass is 16.4. The zero-order valence-corrected chi connectivity index (χ0v) is 33.2. The van der Waals surface area contributed by atoms with Gasteiger partial charge in [0.25, 0.3) is 11.8 Å². The van der Waals surface area contributed by atoms with Gasteiger partial charge >= 0.3 is 0 Å². The molecule has 2 aromatic heterocycles. The zero-order valence-electron chi connectivity index (χ0n) is 33.2. The first-order valence-electron chi connectivity index (χ1n) is 18.5. The number of aromatic hydroxyl groups is 2. The van der Waals surface area contributed by atoms with Crippen molar-refractivity contribution >= 4 is 22.2 Å². The van der Waals surface area contributed by atoms with Crippen LogP contribution in [0.4, 0.5) is 0 Å². The van der Waals surface area contributed by atoms with Crippen molar-refractivity contribution in [2.75, 3.05) is 0 Å². The molecule has 2 N–H and O–H groups in total. The van der Waals surface area contributed by atoms with Gasteiger partial charge in [0.1, 0.15) is 22.5 Å². The number of phenolic OH excluding ortho intramolecular Hbond substituents is 2. The van der Waals surface area contributed by atoms with Crippen LogP contribution in [0.15, 0.2) is 69.5 Å². The van der Waals surface area contributed by atoms with Crippen LogP contribution in [0, 0.1) is 21.7 Å². The van der Waals surface area contributed by atoms with Gasteiger partial charge in [0.2, 0.25) is 0 Å². The van der Waals surface area contributed by atoms with E-state index in [0.29, 0.717) is 22.2 Å². The summed E-state index contributed by atoms with van der Waals surface area (Å²) < 4.78 is 13.0. The lowest BCUT2D eigenvalue weighted by Crippen LogP contribution is -2.09. The van der Waals surface area contributed by atoms with Gasteiger partial charge in [-0.05, 0) is 118 Å². The molecular formula is C46H56N2O4. The monoisotopic (exact) mass is 700 g/mol. The minimum absolute atomic E-state index is 0.0289. The van der Waals surface area contributed by atoms with E-state index in [4.69, 9.17) is 18.8 Å². The average Bonchev–Trinajstić information content (AvgIpc) is 3.60. The molecule has 0 saturated heterocycles. The molecule has 0 aliphatic carbocycles. The largest absolute Gasteiger partial charge is 0.507 e. The van der Waals surface area contributed by atoms with Crippen molar-refractivity contribution in [3.63, 3.8) is 0 Å². The van der Waals surface area contributed by atoms with Crippen molar-refractivity contribution in [1.29, 1.82) is 0 Å². The summed E-state index contributed by atoms with van der Waals surface area (Å²) in [6.07, 6.45) is 3.36. The van der Waals surface area contributed by atoms with E-state index in [9.17, 15) is 10.2 Å². The Morgan fingerprint density at radius 2 is 0.731 bits per heavy atom. The maximum Gasteiger partial charge on any atom is 0.284 e. The summed E-state index contributed by atoms with van der Waals surface area (Å²) in [4.78, 5) is 10.0. The van der Waals surface area contributed by atoms with Crippen LogP contribution in [0.1, 0.15) is 105 Å². The fraction of sp³-hybridized carbons (Fsp3) is 0.435. The standard InChI is InChI=1S/C46H56N2O4/c1-43(2,3)23-27-13-15-35(49)31(17-27)33-19-29(25-45(7,8)9)21-37-39(33)47-41(51-37)42-48-40-34(20-30(22-38(40)52-42)26-46(10,11)12)32-18-28(14-16-36(32)50)24-44(4,5)6/h13-22,49-50H,23-26H2,1-12H3. The second-order valence-electron chi connectivity index (χ2n) is 19.7. The minimum atomic E-state index is 0.0289. The van der Waals surface area contributed by atoms with Crippen LogP contribution in [0.25, 0.3) is 56.2 Å². The lowest BCUT2D eigenvalue weighted by Gasteiger charge is -2.20. The SMILES string of the molecule is CC(C)(C)Cc1ccc(O)c(-c2cc(CC(C)(C)C)cc3oc(-c4nc5c(-c6cc(CC(C)(C)C)ccc6O)cc(CC(C)(C)C)cc5o4)nc23)c1. The molecule has 0 amide bonds. The van der Waals surface area contributed by atoms with Crippen molar-refractivity contribution in [1.82, 2.24) is 9.97 Å². The maximum absolute atomic E-state index is 11.2. The second-order valence-corrected chi connectivity index (χ2v) is 19.7. The first kappa shape index (κ1) is 37.2. The van der Waals surface area contributed by atoms with Crippen molar-refractivity contribution < 1.29 is 19.0 Å². The molecule has 274 valence electrons. The Morgan fingerprint density at radius 1 is 0.423 bits per heavy atom. The average molecular weight is 701 g/mol. The lowest BCUT2D eigenvalue weighted by atomic mass is 9.85. The highest BCUT2D eigenvalue weighted by Crippen LogP contribution is 2.42. The molecule has 0 atom stereocenters. The van der Waals surface area contributed by atoms with Gasteiger partial charge < -0.3 is 19.0 Å². The Balaban J connectivity index is 1.55. The van der Waals surface area contributed by atoms with Crippen molar-refractivity contribution in [3.8, 4) is 45.5 Å². The quantitative estimate of drug-likeness (QED) is 0.172. The van der Waals surface area contributed by atoms with Crippen LogP contribution >= 0.6 is 0 Å². The number of benzene rings is 4. The molecule has 4 aromatic carbocycles. The third-order valence-corrected chi connectivity index (χ3v) is 8.93. The van der Waals surface area contributed by atoms with Crippen LogP contribution in [-0.4, -0.2) is 20.2 Å². The number of fused-ring (bicyclic) bond motifs is 2. The Bertz CT molecular complexity index is 2100. The second kappa shape index (κ2) is 13.1. The van der Waals surface area contributed by atoms with Gasteiger partial charge in [-0.25, -0.2) is 9.97 Å². The summed E-state index contributed by atoms with van der Waals surface area (Å²) in [6.45, 7) is 26.6. The number of phenols is 2. The van der Waals surface area contributed by atoms with E-state index < -0.39 is 0 Å². The van der Waals surface area contributed by atoms with E-state index in [1.807, 2.05) is 24.3 Å². The Labute approximate surface area is 309 Å². The van der Waals surface area contributed by atoms with Gasteiger partial charge in [-0.1, -0.05) is 95.2 Å². The van der Waals surface area contributed by atoms with E-state index in [1.165, 1.54) is 0 Å². The molecule has 0 unspecified atom stereocenters. The minimum Gasteiger partial charge on any atom is -0.507 e. The van der Waals surface area contributed by atoms with E-state index in [2.05, 4.69) is 107 Å². The molecule has 0 aliphatic rings. The van der Waals surface area contributed by atoms with Gasteiger partial charge in [-0.2, -0.15) is 0 Å². The van der Waals surface area contributed by atoms with Crippen molar-refractivity contribution in [2.24, 2.45) is 21.7 Å². The molecule has 6 rings (SSSR count). The molecule has 0 radical (unpaired) electrons.